The second kappa shape index (κ2) is 6.11. The van der Waals surface area contributed by atoms with Gasteiger partial charge in [-0.25, -0.2) is 4.79 Å². The van der Waals surface area contributed by atoms with Gasteiger partial charge in [-0.1, -0.05) is 18.6 Å². The number of hydrogen-bond donors (Lipinski definition) is 2. The van der Waals surface area contributed by atoms with Crippen LogP contribution < -0.4 is 11.5 Å². The monoisotopic (exact) mass is 290 g/mol. The third-order valence-corrected chi connectivity index (χ3v) is 4.48. The molecule has 0 spiro atoms. The van der Waals surface area contributed by atoms with Gasteiger partial charge in [-0.3, -0.25) is 0 Å². The largest absolute Gasteiger partial charge is 0.466 e. The fourth-order valence-corrected chi connectivity index (χ4v) is 3.17. The zero-order chi connectivity index (χ0) is 15.5. The van der Waals surface area contributed by atoms with Crippen molar-refractivity contribution in [3.05, 3.63) is 23.8 Å². The second-order valence-corrected chi connectivity index (χ2v) is 5.73. The molecule has 0 heterocycles. The molecule has 0 amide bonds. The van der Waals surface area contributed by atoms with Gasteiger partial charge in [-0.15, -0.1) is 5.10 Å². The van der Waals surface area contributed by atoms with E-state index >= 15 is 0 Å². The van der Waals surface area contributed by atoms with Crippen molar-refractivity contribution in [2.24, 2.45) is 33.0 Å². The molecule has 114 valence electrons. The van der Waals surface area contributed by atoms with Crippen LogP contribution in [-0.4, -0.2) is 24.8 Å². The third-order valence-electron chi connectivity index (χ3n) is 4.48. The first-order chi connectivity index (χ1) is 9.95. The Hall–Kier alpha value is -2.11. The number of hydrogen-bond acceptors (Lipinski definition) is 4. The van der Waals surface area contributed by atoms with Crippen LogP contribution in [0.4, 0.5) is 0 Å². The molecule has 4 N–H and O–H groups in total. The lowest BCUT2D eigenvalue weighted by Crippen LogP contribution is -2.27. The molecule has 0 aromatic heterocycles. The Bertz CT molecular complexity index is 544. The fraction of sp³-hybridized carbons (Fsp3) is 0.533. The Morgan fingerprint density at radius 3 is 2.90 bits per heavy atom. The number of guanidine groups is 1. The maximum Gasteiger partial charge on any atom is 0.330 e. The molecule has 0 bridgehead atoms. The number of esters is 1. The molecule has 0 aromatic carbocycles. The number of nitrogens with two attached hydrogens (primary N) is 2. The van der Waals surface area contributed by atoms with Crippen molar-refractivity contribution < 1.29 is 9.53 Å². The van der Waals surface area contributed by atoms with E-state index in [0.717, 1.165) is 31.4 Å². The molecule has 2 rings (SSSR count). The van der Waals surface area contributed by atoms with Crippen LogP contribution in [0.5, 0.6) is 0 Å². The summed E-state index contributed by atoms with van der Waals surface area (Å²) in [5, 5.41) is 7.79. The summed E-state index contributed by atoms with van der Waals surface area (Å²) in [6.07, 6.45) is 9.46. The van der Waals surface area contributed by atoms with Crippen molar-refractivity contribution in [1.82, 2.24) is 0 Å². The van der Waals surface area contributed by atoms with Crippen molar-refractivity contribution in [3.63, 3.8) is 0 Å². The number of fused-ring (bicyclic) bond motifs is 1. The smallest absolute Gasteiger partial charge is 0.330 e. The predicted molar refractivity (Wildman–Crippen MR) is 82.5 cm³/mol. The van der Waals surface area contributed by atoms with E-state index in [9.17, 15) is 4.79 Å². The number of methoxy groups -OCH3 is 1. The Balaban J connectivity index is 2.17. The lowest BCUT2D eigenvalue weighted by atomic mass is 9.70. The molecular weight excluding hydrogens is 268 g/mol. The van der Waals surface area contributed by atoms with Gasteiger partial charge in [0.05, 0.1) is 12.8 Å². The highest BCUT2D eigenvalue weighted by atomic mass is 16.5. The minimum absolute atomic E-state index is 0.0282. The van der Waals surface area contributed by atoms with E-state index in [4.69, 9.17) is 11.5 Å². The number of carbonyl (C=O) groups is 1. The Morgan fingerprint density at radius 1 is 1.48 bits per heavy atom. The molecule has 0 aliphatic heterocycles. The lowest BCUT2D eigenvalue weighted by molar-refractivity contribution is -0.134. The van der Waals surface area contributed by atoms with E-state index in [1.807, 2.05) is 6.08 Å². The average molecular weight is 290 g/mol. The highest BCUT2D eigenvalue weighted by molar-refractivity contribution is 5.97. The first kappa shape index (κ1) is 15.3. The maximum absolute atomic E-state index is 11.3. The van der Waals surface area contributed by atoms with Crippen molar-refractivity contribution in [2.45, 2.75) is 32.6 Å². The maximum atomic E-state index is 11.3. The van der Waals surface area contributed by atoms with Gasteiger partial charge in [0, 0.05) is 6.08 Å². The lowest BCUT2D eigenvalue weighted by Gasteiger charge is -2.34. The van der Waals surface area contributed by atoms with Crippen LogP contribution in [-0.2, 0) is 9.53 Å². The molecule has 0 unspecified atom stereocenters. The number of carbonyl (C=O) groups excluding carboxylic acids is 1. The molecule has 2 atom stereocenters. The van der Waals surface area contributed by atoms with E-state index in [-0.39, 0.29) is 17.3 Å². The van der Waals surface area contributed by atoms with Gasteiger partial charge in [-0.05, 0) is 43.1 Å². The van der Waals surface area contributed by atoms with Gasteiger partial charge < -0.3 is 16.2 Å². The summed E-state index contributed by atoms with van der Waals surface area (Å²) in [7, 11) is 1.39. The molecule has 6 nitrogen and oxygen atoms in total. The van der Waals surface area contributed by atoms with E-state index in [1.54, 1.807) is 0 Å². The predicted octanol–water partition coefficient (Wildman–Crippen LogP) is 1.48. The third kappa shape index (κ3) is 3.32. The molecule has 2 aliphatic rings. The molecule has 21 heavy (non-hydrogen) atoms. The highest BCUT2D eigenvalue weighted by Crippen LogP contribution is 2.52. The summed E-state index contributed by atoms with van der Waals surface area (Å²) in [6, 6.07) is 0. The van der Waals surface area contributed by atoms with Crippen molar-refractivity contribution in [2.75, 3.05) is 7.11 Å². The standard InChI is InChI=1S/C15H22N4O2/c1-15-8-7-12(18-19-14(16)17)9-11(15)4-3-10(15)5-6-13(20)21-2/h5-6,9-10H,3-4,7-8H2,1-2H3,(H4,16,17,19)/b6-5+,18-12+/t10-,15-/m1/s1. The zero-order valence-corrected chi connectivity index (χ0v) is 12.5. The number of nitrogens with zero attached hydrogens (tertiary/aromatic N) is 2. The fourth-order valence-electron chi connectivity index (χ4n) is 3.17. The molecule has 0 radical (unpaired) electrons. The van der Waals surface area contributed by atoms with E-state index < -0.39 is 0 Å². The molecule has 0 saturated heterocycles. The van der Waals surface area contributed by atoms with Crippen LogP contribution in [0.3, 0.4) is 0 Å². The Morgan fingerprint density at radius 2 is 2.24 bits per heavy atom. The topological polar surface area (TPSA) is 103 Å². The van der Waals surface area contributed by atoms with Crippen molar-refractivity contribution in [3.8, 4) is 0 Å². The van der Waals surface area contributed by atoms with Crippen LogP contribution in [0.1, 0.15) is 32.6 Å². The SMILES string of the molecule is COC(=O)/C=C/[C@H]1CCC2=C/C(=N/N=C(N)N)CC[C@@]21C. The Kier molecular flexibility index (Phi) is 4.45. The normalized spacial score (nSPS) is 30.1. The molecule has 2 aliphatic carbocycles. The van der Waals surface area contributed by atoms with Crippen LogP contribution in [0.25, 0.3) is 0 Å². The van der Waals surface area contributed by atoms with Crippen LogP contribution in [0.15, 0.2) is 34.0 Å². The van der Waals surface area contributed by atoms with Gasteiger partial charge in [0.25, 0.3) is 0 Å². The van der Waals surface area contributed by atoms with Gasteiger partial charge in [0.15, 0.2) is 0 Å². The summed E-state index contributed by atoms with van der Waals surface area (Å²) in [6.45, 7) is 2.25. The van der Waals surface area contributed by atoms with E-state index in [1.165, 1.54) is 18.8 Å². The first-order valence-electron chi connectivity index (χ1n) is 7.08. The van der Waals surface area contributed by atoms with Gasteiger partial charge in [-0.2, -0.15) is 5.10 Å². The summed E-state index contributed by atoms with van der Waals surface area (Å²) >= 11 is 0. The highest BCUT2D eigenvalue weighted by Gasteiger charge is 2.43. The van der Waals surface area contributed by atoms with Crippen LogP contribution in [0.2, 0.25) is 0 Å². The molecular formula is C15H22N4O2. The van der Waals surface area contributed by atoms with E-state index in [0.29, 0.717) is 5.92 Å². The minimum atomic E-state index is -0.304. The number of allylic oxidation sites excluding steroid dienone is 3. The molecule has 0 aromatic rings. The van der Waals surface area contributed by atoms with Crippen molar-refractivity contribution in [1.29, 1.82) is 0 Å². The molecule has 1 fully saturated rings. The summed E-state index contributed by atoms with van der Waals surface area (Å²) < 4.78 is 4.65. The average Bonchev–Trinajstić information content (AvgIpc) is 2.78. The van der Waals surface area contributed by atoms with Gasteiger partial charge in [0.1, 0.15) is 0 Å². The quantitative estimate of drug-likeness (QED) is 0.270. The number of ether oxygens (including phenoxy) is 1. The summed E-state index contributed by atoms with van der Waals surface area (Å²) in [5.41, 5.74) is 12.9. The second-order valence-electron chi connectivity index (χ2n) is 5.73. The van der Waals surface area contributed by atoms with Crippen LogP contribution >= 0.6 is 0 Å². The van der Waals surface area contributed by atoms with E-state index in [2.05, 4.69) is 27.9 Å². The van der Waals surface area contributed by atoms with Crippen LogP contribution in [0, 0.1) is 11.3 Å². The summed E-state index contributed by atoms with van der Waals surface area (Å²) in [5.74, 6) is 0.0221. The number of rotatable bonds is 3. The Labute approximate surface area is 124 Å². The van der Waals surface area contributed by atoms with Gasteiger partial charge in [0.2, 0.25) is 5.96 Å². The zero-order valence-electron chi connectivity index (χ0n) is 12.5. The van der Waals surface area contributed by atoms with Crippen molar-refractivity contribution >= 4 is 17.6 Å². The molecule has 6 heteroatoms. The minimum Gasteiger partial charge on any atom is -0.466 e. The summed E-state index contributed by atoms with van der Waals surface area (Å²) in [4.78, 5) is 11.3. The molecule has 1 saturated carbocycles. The first-order valence-corrected chi connectivity index (χ1v) is 7.08. The van der Waals surface area contributed by atoms with Gasteiger partial charge >= 0.3 is 5.97 Å².